The van der Waals surface area contributed by atoms with E-state index in [1.54, 1.807) is 18.2 Å². The van der Waals surface area contributed by atoms with Gasteiger partial charge in [0.1, 0.15) is 10.4 Å². The van der Waals surface area contributed by atoms with Crippen LogP contribution in [0, 0.1) is 0 Å². The van der Waals surface area contributed by atoms with E-state index >= 15 is 0 Å². The summed E-state index contributed by atoms with van der Waals surface area (Å²) < 4.78 is 29.5. The third kappa shape index (κ3) is 1.62. The van der Waals surface area contributed by atoms with Gasteiger partial charge in [0.25, 0.3) is 0 Å². The lowest BCUT2D eigenvalue weighted by Gasteiger charge is -2.10. The maximum atomic E-state index is 11.9. The normalized spacial score (nSPS) is 12.5. The van der Waals surface area contributed by atoms with Crippen molar-refractivity contribution in [1.82, 2.24) is 13.9 Å². The zero-order valence-corrected chi connectivity index (χ0v) is 9.84. The number of nitrogens with zero attached hydrogens (tertiary/aromatic N) is 3. The molecule has 1 heterocycles. The first-order valence-corrected chi connectivity index (χ1v) is 6.38. The van der Waals surface area contributed by atoms with Gasteiger partial charge < -0.3 is 0 Å². The maximum absolute atomic E-state index is 11.9. The predicted octanol–water partition coefficient (Wildman–Crippen LogP) is 0.942. The summed E-state index contributed by atoms with van der Waals surface area (Å²) in [6.07, 6.45) is 0. The summed E-state index contributed by atoms with van der Waals surface area (Å²) >= 11 is 1.19. The van der Waals surface area contributed by atoms with Gasteiger partial charge in [0.05, 0.1) is 4.70 Å². The molecule has 0 saturated carbocycles. The zero-order valence-electron chi connectivity index (χ0n) is 8.21. The van der Waals surface area contributed by atoms with E-state index in [1.165, 1.54) is 29.9 Å². The Morgan fingerprint density at radius 3 is 2.73 bits per heavy atom. The Morgan fingerprint density at radius 2 is 2.07 bits per heavy atom. The van der Waals surface area contributed by atoms with E-state index in [0.717, 1.165) is 4.70 Å². The molecule has 0 fully saturated rings. The van der Waals surface area contributed by atoms with Crippen molar-refractivity contribution in [2.24, 2.45) is 0 Å². The van der Waals surface area contributed by atoms with Gasteiger partial charge in [-0.1, -0.05) is 10.6 Å². The summed E-state index contributed by atoms with van der Waals surface area (Å²) in [5, 5.41) is 3.83. The molecular weight excluding hydrogens is 234 g/mol. The van der Waals surface area contributed by atoms with Crippen molar-refractivity contribution in [3.8, 4) is 0 Å². The summed E-state index contributed by atoms with van der Waals surface area (Å²) in [6, 6.07) is 5.03. The fraction of sp³-hybridized carbons (Fsp3) is 0.250. The Hall–Kier alpha value is -1.05. The molecule has 0 unspecified atom stereocenters. The van der Waals surface area contributed by atoms with Gasteiger partial charge in [0, 0.05) is 14.1 Å². The second kappa shape index (κ2) is 3.51. The number of benzene rings is 1. The number of aromatic nitrogens is 2. The van der Waals surface area contributed by atoms with Gasteiger partial charge in [-0.2, -0.15) is 0 Å². The first kappa shape index (κ1) is 10.5. The van der Waals surface area contributed by atoms with Crippen molar-refractivity contribution in [1.29, 1.82) is 0 Å². The van der Waals surface area contributed by atoms with Crippen LogP contribution in [-0.2, 0) is 10.0 Å². The summed E-state index contributed by atoms with van der Waals surface area (Å²) in [6.45, 7) is 0. The molecule has 7 heteroatoms. The van der Waals surface area contributed by atoms with Crippen LogP contribution >= 0.6 is 11.5 Å². The highest BCUT2D eigenvalue weighted by molar-refractivity contribution is 7.89. The van der Waals surface area contributed by atoms with Crippen LogP contribution in [0.1, 0.15) is 0 Å². The monoisotopic (exact) mass is 243 g/mol. The van der Waals surface area contributed by atoms with Crippen molar-refractivity contribution in [2.45, 2.75) is 4.90 Å². The summed E-state index contributed by atoms with van der Waals surface area (Å²) in [5.41, 5.74) is 0.441. The first-order chi connectivity index (χ1) is 7.03. The molecule has 0 amide bonds. The number of sulfonamides is 1. The van der Waals surface area contributed by atoms with Crippen molar-refractivity contribution in [3.05, 3.63) is 18.2 Å². The first-order valence-electron chi connectivity index (χ1n) is 4.17. The molecule has 80 valence electrons. The summed E-state index contributed by atoms with van der Waals surface area (Å²) in [4.78, 5) is 0.207. The van der Waals surface area contributed by atoms with E-state index in [-0.39, 0.29) is 4.90 Å². The van der Waals surface area contributed by atoms with E-state index in [2.05, 4.69) is 9.59 Å². The van der Waals surface area contributed by atoms with E-state index in [1.807, 2.05) is 0 Å². The van der Waals surface area contributed by atoms with Gasteiger partial charge in [0.15, 0.2) is 0 Å². The van der Waals surface area contributed by atoms with Crippen LogP contribution in [0.5, 0.6) is 0 Å². The van der Waals surface area contributed by atoms with Gasteiger partial charge in [0.2, 0.25) is 10.0 Å². The van der Waals surface area contributed by atoms with Gasteiger partial charge in [-0.3, -0.25) is 0 Å². The standard InChI is InChI=1S/C8H9N3O2S2/c1-11(2)15(12,13)7-5-3-4-6-8(7)9-10-14-6/h3-5H,1-2H3. The molecule has 1 aromatic heterocycles. The molecule has 0 bridgehead atoms. The fourth-order valence-electron chi connectivity index (χ4n) is 1.18. The molecule has 15 heavy (non-hydrogen) atoms. The van der Waals surface area contributed by atoms with Crippen molar-refractivity contribution < 1.29 is 8.42 Å². The SMILES string of the molecule is CN(C)S(=O)(=O)c1cccc2snnc12. The van der Waals surface area contributed by atoms with Gasteiger partial charge in [-0.25, -0.2) is 12.7 Å². The number of fused-ring (bicyclic) bond motifs is 1. The van der Waals surface area contributed by atoms with Gasteiger partial charge in [-0.05, 0) is 23.7 Å². The van der Waals surface area contributed by atoms with Gasteiger partial charge >= 0.3 is 0 Å². The van der Waals surface area contributed by atoms with Crippen molar-refractivity contribution in [3.63, 3.8) is 0 Å². The van der Waals surface area contributed by atoms with Crippen LogP contribution in [0.4, 0.5) is 0 Å². The quantitative estimate of drug-likeness (QED) is 0.787. The molecule has 0 spiro atoms. The van der Waals surface area contributed by atoms with Crippen molar-refractivity contribution in [2.75, 3.05) is 14.1 Å². The van der Waals surface area contributed by atoms with E-state index in [9.17, 15) is 8.42 Å². The topological polar surface area (TPSA) is 63.2 Å². The third-order valence-electron chi connectivity index (χ3n) is 2.00. The van der Waals surface area contributed by atoms with Crippen molar-refractivity contribution >= 4 is 31.8 Å². The summed E-state index contributed by atoms with van der Waals surface area (Å²) in [7, 11) is -0.448. The van der Waals surface area contributed by atoms with Crippen LogP contribution in [0.2, 0.25) is 0 Å². The van der Waals surface area contributed by atoms with E-state index in [4.69, 9.17) is 0 Å². The Bertz CT molecular complexity index is 589. The minimum absolute atomic E-state index is 0.207. The van der Waals surface area contributed by atoms with E-state index < -0.39 is 10.0 Å². The number of hydrogen-bond acceptors (Lipinski definition) is 5. The third-order valence-corrected chi connectivity index (χ3v) is 4.54. The second-order valence-corrected chi connectivity index (χ2v) is 6.07. The van der Waals surface area contributed by atoms with Crippen LogP contribution in [-0.4, -0.2) is 36.4 Å². The molecule has 0 N–H and O–H groups in total. The molecule has 0 aliphatic carbocycles. The van der Waals surface area contributed by atoms with Crippen LogP contribution in [0.25, 0.3) is 10.2 Å². The lowest BCUT2D eigenvalue weighted by atomic mass is 10.3. The fourth-order valence-corrected chi connectivity index (χ4v) is 2.88. The minimum atomic E-state index is -3.44. The Morgan fingerprint density at radius 1 is 1.33 bits per heavy atom. The minimum Gasteiger partial charge on any atom is -0.207 e. The predicted molar refractivity (Wildman–Crippen MR) is 58.3 cm³/mol. The Balaban J connectivity index is 2.77. The molecule has 0 radical (unpaired) electrons. The molecular formula is C8H9N3O2S2. The highest BCUT2D eigenvalue weighted by Crippen LogP contribution is 2.24. The zero-order chi connectivity index (χ0) is 11.1. The largest absolute Gasteiger partial charge is 0.244 e. The smallest absolute Gasteiger partial charge is 0.207 e. The molecule has 0 atom stereocenters. The molecule has 1 aromatic carbocycles. The molecule has 5 nitrogen and oxygen atoms in total. The highest BCUT2D eigenvalue weighted by Gasteiger charge is 2.21. The number of rotatable bonds is 2. The van der Waals surface area contributed by atoms with Crippen LogP contribution < -0.4 is 0 Å². The van der Waals surface area contributed by atoms with Crippen LogP contribution in [0.3, 0.4) is 0 Å². The lowest BCUT2D eigenvalue weighted by Crippen LogP contribution is -2.22. The summed E-state index contributed by atoms with van der Waals surface area (Å²) in [5.74, 6) is 0. The molecule has 0 aliphatic rings. The van der Waals surface area contributed by atoms with E-state index in [0.29, 0.717) is 5.52 Å². The maximum Gasteiger partial charge on any atom is 0.244 e. The van der Waals surface area contributed by atoms with Crippen LogP contribution in [0.15, 0.2) is 23.1 Å². The molecule has 0 aliphatic heterocycles. The average Bonchev–Trinajstić information content (AvgIpc) is 2.64. The Labute approximate surface area is 91.6 Å². The van der Waals surface area contributed by atoms with Gasteiger partial charge in [-0.15, -0.1) is 5.10 Å². The molecule has 2 rings (SSSR count). The highest BCUT2D eigenvalue weighted by atomic mass is 32.2. The average molecular weight is 243 g/mol. The molecule has 2 aromatic rings. The number of hydrogen-bond donors (Lipinski definition) is 0. The molecule has 0 saturated heterocycles. The second-order valence-electron chi connectivity index (χ2n) is 3.16. The Kier molecular flexibility index (Phi) is 2.45. The lowest BCUT2D eigenvalue weighted by molar-refractivity contribution is 0.521.